The fraction of sp³-hybridized carbons (Fsp3) is 0.636. The van der Waals surface area contributed by atoms with Crippen molar-refractivity contribution >= 4 is 23.2 Å². The van der Waals surface area contributed by atoms with Crippen molar-refractivity contribution in [3.05, 3.63) is 24.3 Å². The SMILES string of the molecule is CCN(CC)CCCCCCNC(=O)CCCCC(=O)Nc1ccc(N)cc1. The molecule has 2 amide bonds. The molecule has 0 saturated heterocycles. The lowest BCUT2D eigenvalue weighted by Gasteiger charge is -2.17. The highest BCUT2D eigenvalue weighted by atomic mass is 16.2. The van der Waals surface area contributed by atoms with Crippen LogP contribution in [0.25, 0.3) is 0 Å². The Morgan fingerprint density at radius 2 is 1.46 bits per heavy atom. The quantitative estimate of drug-likeness (QED) is 0.314. The molecule has 0 heterocycles. The van der Waals surface area contributed by atoms with Crippen LogP contribution in [0.5, 0.6) is 0 Å². The van der Waals surface area contributed by atoms with Crippen LogP contribution in [0.4, 0.5) is 11.4 Å². The Labute approximate surface area is 170 Å². The molecule has 1 aromatic rings. The minimum Gasteiger partial charge on any atom is -0.399 e. The van der Waals surface area contributed by atoms with Gasteiger partial charge in [0.2, 0.25) is 11.8 Å². The molecular weight excluding hydrogens is 352 g/mol. The standard InChI is InChI=1S/C22H38N4O2/c1-3-26(4-2)18-10-6-5-9-17-24-21(27)11-7-8-12-22(28)25-20-15-13-19(23)14-16-20/h13-16H,3-12,17-18,23H2,1-2H3,(H,24,27)(H,25,28). The first kappa shape index (κ1) is 24.0. The van der Waals surface area contributed by atoms with Crippen molar-refractivity contribution in [1.29, 1.82) is 0 Å². The Hall–Kier alpha value is -2.08. The number of benzene rings is 1. The molecule has 0 aliphatic carbocycles. The van der Waals surface area contributed by atoms with Crippen molar-refractivity contribution in [3.63, 3.8) is 0 Å². The summed E-state index contributed by atoms with van der Waals surface area (Å²) in [5, 5.41) is 5.81. The van der Waals surface area contributed by atoms with Gasteiger partial charge in [0.15, 0.2) is 0 Å². The van der Waals surface area contributed by atoms with E-state index in [1.807, 2.05) is 0 Å². The average Bonchev–Trinajstić information content (AvgIpc) is 2.69. The second-order valence-corrected chi connectivity index (χ2v) is 7.17. The molecular formula is C22H38N4O2. The highest BCUT2D eigenvalue weighted by Gasteiger charge is 2.05. The second kappa shape index (κ2) is 14.9. The summed E-state index contributed by atoms with van der Waals surface area (Å²) in [5.74, 6) is 0.0528. The van der Waals surface area contributed by atoms with Crippen LogP contribution in [0.2, 0.25) is 0 Å². The first-order chi connectivity index (χ1) is 13.5. The second-order valence-electron chi connectivity index (χ2n) is 7.17. The summed E-state index contributed by atoms with van der Waals surface area (Å²) in [6.45, 7) is 8.56. The lowest BCUT2D eigenvalue weighted by Crippen LogP contribution is -2.24. The van der Waals surface area contributed by atoms with Crippen LogP contribution in [0.1, 0.15) is 65.2 Å². The zero-order valence-electron chi connectivity index (χ0n) is 17.6. The molecule has 0 radical (unpaired) electrons. The number of amides is 2. The van der Waals surface area contributed by atoms with Crippen molar-refractivity contribution in [1.82, 2.24) is 10.2 Å². The van der Waals surface area contributed by atoms with E-state index in [1.165, 1.54) is 19.4 Å². The molecule has 0 bridgehead atoms. The third-order valence-electron chi connectivity index (χ3n) is 4.87. The third kappa shape index (κ3) is 11.6. The minimum absolute atomic E-state index is 0.0325. The fourth-order valence-corrected chi connectivity index (χ4v) is 3.03. The van der Waals surface area contributed by atoms with Gasteiger partial charge in [-0.2, -0.15) is 0 Å². The van der Waals surface area contributed by atoms with E-state index in [-0.39, 0.29) is 11.8 Å². The molecule has 1 rings (SSSR count). The molecule has 0 aliphatic rings. The fourth-order valence-electron chi connectivity index (χ4n) is 3.03. The number of carbonyl (C=O) groups excluding carboxylic acids is 2. The van der Waals surface area contributed by atoms with Crippen molar-refractivity contribution in [2.24, 2.45) is 0 Å². The normalized spacial score (nSPS) is 10.8. The summed E-state index contributed by atoms with van der Waals surface area (Å²) in [7, 11) is 0. The maximum Gasteiger partial charge on any atom is 0.224 e. The summed E-state index contributed by atoms with van der Waals surface area (Å²) in [6.07, 6.45) is 6.98. The van der Waals surface area contributed by atoms with Gasteiger partial charge in [0.1, 0.15) is 0 Å². The maximum atomic E-state index is 11.9. The predicted octanol–water partition coefficient (Wildman–Crippen LogP) is 3.79. The summed E-state index contributed by atoms with van der Waals surface area (Å²) >= 11 is 0. The number of nitrogens with zero attached hydrogens (tertiary/aromatic N) is 1. The number of carbonyl (C=O) groups is 2. The number of nitrogens with one attached hydrogen (secondary N) is 2. The van der Waals surface area contributed by atoms with Crippen LogP contribution < -0.4 is 16.4 Å². The number of nitrogen functional groups attached to an aromatic ring is 1. The summed E-state index contributed by atoms with van der Waals surface area (Å²) in [5.41, 5.74) is 7.03. The highest BCUT2D eigenvalue weighted by Crippen LogP contribution is 2.11. The van der Waals surface area contributed by atoms with Gasteiger partial charge in [-0.1, -0.05) is 26.7 Å². The molecule has 0 unspecified atom stereocenters. The van der Waals surface area contributed by atoms with Gasteiger partial charge in [-0.25, -0.2) is 0 Å². The van der Waals surface area contributed by atoms with E-state index in [1.54, 1.807) is 24.3 Å². The zero-order chi connectivity index (χ0) is 20.6. The number of hydrogen-bond donors (Lipinski definition) is 3. The Kier molecular flexibility index (Phi) is 12.8. The number of nitrogens with two attached hydrogens (primary N) is 1. The van der Waals surface area contributed by atoms with Gasteiger partial charge in [0.25, 0.3) is 0 Å². The smallest absolute Gasteiger partial charge is 0.224 e. The van der Waals surface area contributed by atoms with E-state index in [9.17, 15) is 9.59 Å². The van der Waals surface area contributed by atoms with Crippen LogP contribution in [0, 0.1) is 0 Å². The molecule has 6 heteroatoms. The van der Waals surface area contributed by atoms with E-state index in [0.29, 0.717) is 24.9 Å². The molecule has 28 heavy (non-hydrogen) atoms. The van der Waals surface area contributed by atoms with E-state index >= 15 is 0 Å². The van der Waals surface area contributed by atoms with Crippen LogP contribution >= 0.6 is 0 Å². The van der Waals surface area contributed by atoms with Crippen molar-refractivity contribution in [3.8, 4) is 0 Å². The van der Waals surface area contributed by atoms with Gasteiger partial charge in [0.05, 0.1) is 0 Å². The van der Waals surface area contributed by atoms with Gasteiger partial charge in [-0.3, -0.25) is 9.59 Å². The summed E-state index contributed by atoms with van der Waals surface area (Å²) in [6, 6.07) is 7.07. The van der Waals surface area contributed by atoms with Gasteiger partial charge < -0.3 is 21.3 Å². The maximum absolute atomic E-state index is 11.9. The van der Waals surface area contributed by atoms with E-state index < -0.39 is 0 Å². The van der Waals surface area contributed by atoms with E-state index in [2.05, 4.69) is 29.4 Å². The zero-order valence-corrected chi connectivity index (χ0v) is 17.6. The minimum atomic E-state index is -0.0325. The summed E-state index contributed by atoms with van der Waals surface area (Å²) < 4.78 is 0. The molecule has 0 aromatic heterocycles. The molecule has 0 aliphatic heterocycles. The van der Waals surface area contributed by atoms with E-state index in [4.69, 9.17) is 5.73 Å². The van der Waals surface area contributed by atoms with Crippen molar-refractivity contribution in [2.75, 3.05) is 37.2 Å². The third-order valence-corrected chi connectivity index (χ3v) is 4.87. The first-order valence-electron chi connectivity index (χ1n) is 10.7. The molecule has 0 spiro atoms. The van der Waals surface area contributed by atoms with Crippen LogP contribution in [0.15, 0.2) is 24.3 Å². The Morgan fingerprint density at radius 3 is 2.11 bits per heavy atom. The van der Waals surface area contributed by atoms with Crippen LogP contribution in [-0.2, 0) is 9.59 Å². The first-order valence-corrected chi connectivity index (χ1v) is 10.7. The Bertz CT molecular complexity index is 556. The predicted molar refractivity (Wildman–Crippen MR) is 117 cm³/mol. The highest BCUT2D eigenvalue weighted by molar-refractivity contribution is 5.90. The number of hydrogen-bond acceptors (Lipinski definition) is 4. The number of unbranched alkanes of at least 4 members (excludes halogenated alkanes) is 4. The summed E-state index contributed by atoms with van der Waals surface area (Å²) in [4.78, 5) is 26.2. The van der Waals surface area contributed by atoms with Gasteiger partial charge >= 0.3 is 0 Å². The molecule has 158 valence electrons. The Morgan fingerprint density at radius 1 is 0.857 bits per heavy atom. The van der Waals surface area contributed by atoms with Crippen molar-refractivity contribution in [2.45, 2.75) is 65.2 Å². The van der Waals surface area contributed by atoms with E-state index in [0.717, 1.165) is 44.6 Å². The molecule has 0 fully saturated rings. The number of rotatable bonds is 15. The molecule has 1 aromatic carbocycles. The van der Waals surface area contributed by atoms with Gasteiger partial charge in [-0.15, -0.1) is 0 Å². The monoisotopic (exact) mass is 390 g/mol. The van der Waals surface area contributed by atoms with Crippen LogP contribution in [0.3, 0.4) is 0 Å². The molecule has 0 saturated carbocycles. The van der Waals surface area contributed by atoms with Crippen LogP contribution in [-0.4, -0.2) is 42.9 Å². The van der Waals surface area contributed by atoms with Gasteiger partial charge in [-0.05, 0) is 69.6 Å². The Balaban J connectivity index is 1.96. The topological polar surface area (TPSA) is 87.5 Å². The molecule has 4 N–H and O–H groups in total. The number of anilines is 2. The van der Waals surface area contributed by atoms with Gasteiger partial charge in [0, 0.05) is 30.8 Å². The lowest BCUT2D eigenvalue weighted by atomic mass is 10.1. The lowest BCUT2D eigenvalue weighted by molar-refractivity contribution is -0.121. The molecule has 6 nitrogen and oxygen atoms in total. The van der Waals surface area contributed by atoms with Crippen molar-refractivity contribution < 1.29 is 9.59 Å². The largest absolute Gasteiger partial charge is 0.399 e. The molecule has 0 atom stereocenters. The average molecular weight is 391 g/mol.